The fourth-order valence-corrected chi connectivity index (χ4v) is 2.70. The number of allylic oxidation sites excluding steroid dienone is 2. The van der Waals surface area contributed by atoms with E-state index in [1.165, 1.54) is 0 Å². The molecule has 2 N–H and O–H groups in total. The normalized spacial score (nSPS) is 18.5. The van der Waals surface area contributed by atoms with Crippen molar-refractivity contribution in [3.05, 3.63) is 47.6 Å². The van der Waals surface area contributed by atoms with E-state index in [1.54, 1.807) is 4.90 Å². The quantitative estimate of drug-likeness (QED) is 0.647. The first-order chi connectivity index (χ1) is 10.4. The van der Waals surface area contributed by atoms with E-state index in [0.717, 1.165) is 29.8 Å². The van der Waals surface area contributed by atoms with Gasteiger partial charge >= 0.3 is 0 Å². The lowest BCUT2D eigenvalue weighted by Gasteiger charge is -2.33. The van der Waals surface area contributed by atoms with Gasteiger partial charge in [0.1, 0.15) is 0 Å². The van der Waals surface area contributed by atoms with Gasteiger partial charge in [-0.2, -0.15) is 4.57 Å². The van der Waals surface area contributed by atoms with Crippen molar-refractivity contribution in [1.29, 1.82) is 0 Å². The van der Waals surface area contributed by atoms with E-state index in [-0.39, 0.29) is 18.3 Å². The van der Waals surface area contributed by atoms with Crippen molar-refractivity contribution < 1.29 is 27.2 Å². The van der Waals surface area contributed by atoms with Crippen LogP contribution in [0.4, 0.5) is 0 Å². The van der Waals surface area contributed by atoms with Crippen LogP contribution in [0, 0.1) is 0 Å². The molecule has 0 radical (unpaired) electrons. The second kappa shape index (κ2) is 8.34. The van der Waals surface area contributed by atoms with Gasteiger partial charge in [-0.25, -0.2) is 0 Å². The summed E-state index contributed by atoms with van der Waals surface area (Å²) in [5.74, 6) is 0.170. The van der Waals surface area contributed by atoms with Crippen molar-refractivity contribution in [1.82, 2.24) is 9.80 Å². The Balaban J connectivity index is 0.00000264. The predicted octanol–water partition coefficient (Wildman–Crippen LogP) is -1.42. The fraction of sp³-hybridized carbons (Fsp3) is 0.471. The van der Waals surface area contributed by atoms with Gasteiger partial charge < -0.3 is 32.4 Å². The van der Waals surface area contributed by atoms with Gasteiger partial charge in [0.15, 0.2) is 18.3 Å². The van der Waals surface area contributed by atoms with E-state index in [9.17, 15) is 10.2 Å². The molecule has 0 aliphatic carbocycles. The molecule has 6 heteroatoms. The van der Waals surface area contributed by atoms with Gasteiger partial charge in [0.2, 0.25) is 11.9 Å². The molecular formula is C17H26ClN3O2. The van der Waals surface area contributed by atoms with E-state index in [0.29, 0.717) is 6.54 Å². The minimum Gasteiger partial charge on any atom is -1.00 e. The third-order valence-electron chi connectivity index (χ3n) is 4.09. The molecule has 0 spiro atoms. The lowest BCUT2D eigenvalue weighted by Crippen LogP contribution is -3.00. The topological polar surface area (TPSA) is 50.8 Å². The molecule has 0 saturated carbocycles. The third kappa shape index (κ3) is 4.25. The Hall–Kier alpha value is -1.56. The monoisotopic (exact) mass is 339 g/mol. The number of nitrogens with zero attached hydrogens (tertiary/aromatic N) is 3. The zero-order valence-electron chi connectivity index (χ0n) is 14.2. The summed E-state index contributed by atoms with van der Waals surface area (Å²) in [7, 11) is 4.03. The summed E-state index contributed by atoms with van der Waals surface area (Å²) in [5.41, 5.74) is 2.51. The van der Waals surface area contributed by atoms with Gasteiger partial charge in [-0.15, -0.1) is 0 Å². The molecule has 128 valence electrons. The molecule has 0 amide bonds. The van der Waals surface area contributed by atoms with Crippen LogP contribution in [-0.2, 0) is 0 Å². The molecular weight excluding hydrogens is 314 g/mol. The summed E-state index contributed by atoms with van der Waals surface area (Å²) in [5, 5.41) is 21.1. The van der Waals surface area contributed by atoms with Crippen molar-refractivity contribution in [2.45, 2.75) is 26.5 Å². The van der Waals surface area contributed by atoms with Crippen molar-refractivity contribution in [2.24, 2.45) is 0 Å². The zero-order valence-corrected chi connectivity index (χ0v) is 15.0. The highest BCUT2D eigenvalue weighted by Gasteiger charge is 2.36. The molecule has 0 aromatic carbocycles. The molecule has 0 bridgehead atoms. The van der Waals surface area contributed by atoms with Crippen LogP contribution in [0.2, 0.25) is 0 Å². The number of rotatable bonds is 5. The molecule has 2 heterocycles. The van der Waals surface area contributed by atoms with Gasteiger partial charge in [-0.05, 0) is 40.9 Å². The lowest BCUT2D eigenvalue weighted by molar-refractivity contribution is -0.589. The van der Waals surface area contributed by atoms with Gasteiger partial charge in [0.05, 0.1) is 0 Å². The van der Waals surface area contributed by atoms with Crippen molar-refractivity contribution >= 4 is 5.70 Å². The van der Waals surface area contributed by atoms with Gasteiger partial charge in [0, 0.05) is 29.8 Å². The van der Waals surface area contributed by atoms with E-state index >= 15 is 0 Å². The van der Waals surface area contributed by atoms with Crippen molar-refractivity contribution in [2.75, 3.05) is 27.2 Å². The number of aliphatic hydroxyl groups excluding tert-OH is 2. The van der Waals surface area contributed by atoms with Crippen LogP contribution in [0.25, 0.3) is 5.70 Å². The maximum Gasteiger partial charge on any atom is 0.240 e. The van der Waals surface area contributed by atoms with Crippen LogP contribution in [0.5, 0.6) is 0 Å². The Labute approximate surface area is 144 Å². The lowest BCUT2D eigenvalue weighted by atomic mass is 10.0. The van der Waals surface area contributed by atoms with E-state index in [1.807, 2.05) is 63.1 Å². The molecule has 2 rings (SSSR count). The minimum absolute atomic E-state index is 0. The van der Waals surface area contributed by atoms with Gasteiger partial charge in [0.25, 0.3) is 0 Å². The van der Waals surface area contributed by atoms with E-state index < -0.39 is 6.23 Å². The van der Waals surface area contributed by atoms with Crippen LogP contribution in [0.15, 0.2) is 47.6 Å². The second-order valence-corrected chi connectivity index (χ2v) is 5.97. The van der Waals surface area contributed by atoms with E-state index in [4.69, 9.17) is 0 Å². The first kappa shape index (κ1) is 19.5. The Bertz CT molecular complexity index is 585. The fourth-order valence-electron chi connectivity index (χ4n) is 2.70. The number of hydrogen-bond donors (Lipinski definition) is 2. The average molecular weight is 340 g/mol. The van der Waals surface area contributed by atoms with Crippen LogP contribution in [-0.4, -0.2) is 53.4 Å². The first-order valence-corrected chi connectivity index (χ1v) is 7.60. The highest BCUT2D eigenvalue weighted by Crippen LogP contribution is 2.29. The number of halogens is 1. The van der Waals surface area contributed by atoms with Crippen LogP contribution in [0.1, 0.15) is 20.3 Å². The predicted molar refractivity (Wildman–Crippen MR) is 86.7 cm³/mol. The summed E-state index contributed by atoms with van der Waals surface area (Å²) in [6.07, 6.45) is 3.84. The smallest absolute Gasteiger partial charge is 0.240 e. The Morgan fingerprint density at radius 3 is 2.30 bits per heavy atom. The molecule has 1 aliphatic rings. The summed E-state index contributed by atoms with van der Waals surface area (Å²) in [6.45, 7) is 5.33. The summed E-state index contributed by atoms with van der Waals surface area (Å²) < 4.78 is 1.91. The molecule has 0 saturated heterocycles. The minimum atomic E-state index is -0.849. The first-order valence-electron chi connectivity index (χ1n) is 7.60. The number of pyridine rings is 1. The van der Waals surface area contributed by atoms with Gasteiger partial charge in [-0.3, -0.25) is 0 Å². The Kier molecular flexibility index (Phi) is 7.06. The summed E-state index contributed by atoms with van der Waals surface area (Å²) in [4.78, 5) is 3.76. The molecule has 5 nitrogen and oxygen atoms in total. The maximum atomic E-state index is 10.7. The molecule has 0 fully saturated rings. The average Bonchev–Trinajstić information content (AvgIpc) is 2.49. The molecule has 1 aliphatic heterocycles. The molecule has 1 atom stereocenters. The highest BCUT2D eigenvalue weighted by atomic mass is 35.5. The highest BCUT2D eigenvalue weighted by molar-refractivity contribution is 5.55. The van der Waals surface area contributed by atoms with Crippen molar-refractivity contribution in [3.63, 3.8) is 0 Å². The van der Waals surface area contributed by atoms with E-state index in [2.05, 4.69) is 4.90 Å². The number of aliphatic hydroxyl groups is 2. The maximum absolute atomic E-state index is 10.7. The second-order valence-electron chi connectivity index (χ2n) is 5.97. The summed E-state index contributed by atoms with van der Waals surface area (Å²) in [6, 6.07) is 5.80. The van der Waals surface area contributed by atoms with Crippen molar-refractivity contribution in [3.8, 4) is 0 Å². The van der Waals surface area contributed by atoms with Crippen LogP contribution in [0.3, 0.4) is 0 Å². The van der Waals surface area contributed by atoms with Crippen LogP contribution >= 0.6 is 0 Å². The van der Waals surface area contributed by atoms with Gasteiger partial charge in [-0.1, -0.05) is 6.07 Å². The molecule has 1 unspecified atom stereocenters. The van der Waals surface area contributed by atoms with Crippen LogP contribution < -0.4 is 17.0 Å². The zero-order chi connectivity index (χ0) is 16.3. The standard InChI is InChI=1S/C17H25N3O2.ClH/c1-13-14(2)16(21)20(12-8-9-18(3)4)17(22)15(13)19-10-6-5-7-11-19;/h5-7,10-11,17,22H,8-9,12H2,1-4H3;1H. The number of hydrogen-bond acceptors (Lipinski definition) is 4. The largest absolute Gasteiger partial charge is 1.00 e. The summed E-state index contributed by atoms with van der Waals surface area (Å²) >= 11 is 0. The Morgan fingerprint density at radius 1 is 1.13 bits per heavy atom. The molecule has 23 heavy (non-hydrogen) atoms. The number of aromatic nitrogens is 1. The molecule has 1 aromatic rings. The molecule has 1 aromatic heterocycles. The SMILES string of the molecule is CC1=C(O)N(CCCN(C)C)C(O)C([n+]2ccccc2)=C1C.[Cl-]. The Morgan fingerprint density at radius 2 is 1.74 bits per heavy atom. The third-order valence-corrected chi connectivity index (χ3v) is 4.09.